The van der Waals surface area contributed by atoms with Gasteiger partial charge in [-0.15, -0.1) is 10.2 Å². The summed E-state index contributed by atoms with van der Waals surface area (Å²) in [6.07, 6.45) is 0.667. The molecule has 0 unspecified atom stereocenters. The Labute approximate surface area is 150 Å². The number of nitrogens with two attached hydrogens (primary N) is 1. The van der Waals surface area contributed by atoms with Gasteiger partial charge in [-0.1, -0.05) is 11.8 Å². The number of aryl methyl sites for hydroxylation is 1. The molecule has 7 nitrogen and oxygen atoms in total. The van der Waals surface area contributed by atoms with Crippen molar-refractivity contribution < 1.29 is 14.3 Å². The third kappa shape index (κ3) is 4.82. The van der Waals surface area contributed by atoms with Gasteiger partial charge in [0, 0.05) is 24.9 Å². The molecule has 1 amide bonds. The average Bonchev–Trinajstić information content (AvgIpc) is 3.00. The molecule has 0 aliphatic carbocycles. The van der Waals surface area contributed by atoms with E-state index in [2.05, 4.69) is 10.2 Å². The van der Waals surface area contributed by atoms with Gasteiger partial charge in [-0.2, -0.15) is 0 Å². The first-order valence-electron chi connectivity index (χ1n) is 8.01. The minimum Gasteiger partial charge on any atom is -0.497 e. The van der Waals surface area contributed by atoms with Crippen molar-refractivity contribution in [3.05, 3.63) is 35.7 Å². The fourth-order valence-electron chi connectivity index (χ4n) is 2.35. The molecule has 1 aromatic heterocycles. The maximum atomic E-state index is 12.6. The number of hydrogen-bond donors (Lipinski definition) is 1. The van der Waals surface area contributed by atoms with Gasteiger partial charge in [-0.05, 0) is 38.1 Å². The second-order valence-electron chi connectivity index (χ2n) is 5.46. The Hall–Kier alpha value is -2.35. The maximum absolute atomic E-state index is 12.6. The van der Waals surface area contributed by atoms with E-state index in [4.69, 9.17) is 10.5 Å². The summed E-state index contributed by atoms with van der Waals surface area (Å²) in [6, 6.07) is 7.03. The van der Waals surface area contributed by atoms with Crippen LogP contribution in [-0.4, -0.2) is 38.8 Å². The van der Waals surface area contributed by atoms with Crippen molar-refractivity contribution in [1.82, 2.24) is 14.8 Å². The van der Waals surface area contributed by atoms with Crippen LogP contribution in [0.2, 0.25) is 0 Å². The maximum Gasteiger partial charge on any atom is 0.217 e. The Morgan fingerprint density at radius 2 is 1.96 bits per heavy atom. The van der Waals surface area contributed by atoms with Gasteiger partial charge in [0.05, 0.1) is 12.4 Å². The molecule has 25 heavy (non-hydrogen) atoms. The Morgan fingerprint density at radius 3 is 2.52 bits per heavy atom. The highest BCUT2D eigenvalue weighted by Gasteiger charge is 2.21. The smallest absolute Gasteiger partial charge is 0.217 e. The van der Waals surface area contributed by atoms with Crippen LogP contribution in [0, 0.1) is 0 Å². The van der Waals surface area contributed by atoms with Crippen LogP contribution >= 0.6 is 11.8 Å². The van der Waals surface area contributed by atoms with Crippen LogP contribution in [0.25, 0.3) is 0 Å². The molecule has 0 spiro atoms. The lowest BCUT2D eigenvalue weighted by Crippen LogP contribution is -2.15. The first-order valence-corrected chi connectivity index (χ1v) is 8.89. The van der Waals surface area contributed by atoms with Gasteiger partial charge in [-0.3, -0.25) is 9.59 Å². The lowest BCUT2D eigenvalue weighted by atomic mass is 10.1. The second kappa shape index (κ2) is 8.66. The highest BCUT2D eigenvalue weighted by atomic mass is 32.2. The molecule has 0 radical (unpaired) electrons. The van der Waals surface area contributed by atoms with Crippen molar-refractivity contribution in [3.63, 3.8) is 0 Å². The van der Waals surface area contributed by atoms with E-state index in [1.54, 1.807) is 31.4 Å². The number of carbonyl (C=O) groups is 2. The number of nitrogens with zero attached hydrogens (tertiary/aromatic N) is 3. The summed E-state index contributed by atoms with van der Waals surface area (Å²) in [6.45, 7) is 4.47. The first kappa shape index (κ1) is 19.0. The van der Waals surface area contributed by atoms with Crippen LogP contribution < -0.4 is 10.5 Å². The molecule has 0 bridgehead atoms. The number of ketones is 1. The first-order chi connectivity index (χ1) is 12.0. The van der Waals surface area contributed by atoms with Crippen LogP contribution in [0.5, 0.6) is 5.75 Å². The molecule has 0 fully saturated rings. The van der Waals surface area contributed by atoms with E-state index in [-0.39, 0.29) is 23.4 Å². The highest BCUT2D eigenvalue weighted by molar-refractivity contribution is 8.00. The van der Waals surface area contributed by atoms with Crippen molar-refractivity contribution >= 4 is 23.5 Å². The molecule has 0 aliphatic rings. The molecule has 1 aromatic carbocycles. The van der Waals surface area contributed by atoms with Crippen LogP contribution in [0.4, 0.5) is 0 Å². The molecule has 134 valence electrons. The lowest BCUT2D eigenvalue weighted by Gasteiger charge is -2.12. The molecular formula is C17H22N4O3S. The number of primary amides is 1. The standard InChI is InChI=1S/C17H22N4O3S/c1-4-21-15(10-9-14(18)22)19-20-17(21)25-11(2)16(23)12-5-7-13(24-3)8-6-12/h5-8,11H,4,9-10H2,1-3H3,(H2,18,22)/t11-/m1/s1. The number of thioether (sulfide) groups is 1. The largest absolute Gasteiger partial charge is 0.497 e. The van der Waals surface area contributed by atoms with Gasteiger partial charge in [0.25, 0.3) is 0 Å². The van der Waals surface area contributed by atoms with E-state index in [9.17, 15) is 9.59 Å². The van der Waals surface area contributed by atoms with E-state index in [0.717, 1.165) is 0 Å². The average molecular weight is 362 g/mol. The molecule has 0 aliphatic heterocycles. The third-order valence-electron chi connectivity index (χ3n) is 3.73. The lowest BCUT2D eigenvalue weighted by molar-refractivity contribution is -0.118. The van der Waals surface area contributed by atoms with Crippen LogP contribution in [-0.2, 0) is 17.8 Å². The number of ether oxygens (including phenoxy) is 1. The minimum absolute atomic E-state index is 0.0111. The van der Waals surface area contributed by atoms with E-state index in [1.807, 2.05) is 18.4 Å². The SMILES string of the molecule is CCn1c(CCC(N)=O)nnc1S[C@H](C)C(=O)c1ccc(OC)cc1. The van der Waals surface area contributed by atoms with Crippen LogP contribution in [0.3, 0.4) is 0 Å². The molecule has 2 N–H and O–H groups in total. The Kier molecular flexibility index (Phi) is 6.58. The summed E-state index contributed by atoms with van der Waals surface area (Å²) in [5.74, 6) is 1.05. The summed E-state index contributed by atoms with van der Waals surface area (Å²) < 4.78 is 7.01. The van der Waals surface area contributed by atoms with Crippen molar-refractivity contribution in [2.45, 2.75) is 43.6 Å². The monoisotopic (exact) mass is 362 g/mol. The number of methoxy groups -OCH3 is 1. The third-order valence-corrected chi connectivity index (χ3v) is 4.81. The van der Waals surface area contributed by atoms with Gasteiger partial charge in [0.1, 0.15) is 11.6 Å². The van der Waals surface area contributed by atoms with Crippen LogP contribution in [0.1, 0.15) is 36.5 Å². The number of hydrogen-bond acceptors (Lipinski definition) is 6. The fraction of sp³-hybridized carbons (Fsp3) is 0.412. The zero-order chi connectivity index (χ0) is 18.4. The van der Waals surface area contributed by atoms with Gasteiger partial charge in [-0.25, -0.2) is 0 Å². The summed E-state index contributed by atoms with van der Waals surface area (Å²) >= 11 is 1.36. The normalized spacial score (nSPS) is 12.0. The second-order valence-corrected chi connectivity index (χ2v) is 6.77. The van der Waals surface area contributed by atoms with Gasteiger partial charge < -0.3 is 15.0 Å². The van der Waals surface area contributed by atoms with Gasteiger partial charge in [0.15, 0.2) is 10.9 Å². The molecule has 8 heteroatoms. The molecule has 0 saturated heterocycles. The molecule has 2 rings (SSSR count). The van der Waals surface area contributed by atoms with Crippen LogP contribution in [0.15, 0.2) is 29.4 Å². The highest BCUT2D eigenvalue weighted by Crippen LogP contribution is 2.26. The number of rotatable bonds is 9. The van der Waals surface area contributed by atoms with E-state index < -0.39 is 0 Å². The Balaban J connectivity index is 2.09. The molecular weight excluding hydrogens is 340 g/mol. The number of amides is 1. The Morgan fingerprint density at radius 1 is 1.28 bits per heavy atom. The van der Waals surface area contributed by atoms with E-state index >= 15 is 0 Å². The minimum atomic E-state index is -0.372. The molecule has 2 aromatic rings. The zero-order valence-electron chi connectivity index (χ0n) is 14.6. The predicted molar refractivity (Wildman–Crippen MR) is 95.9 cm³/mol. The summed E-state index contributed by atoms with van der Waals surface area (Å²) in [5.41, 5.74) is 5.81. The van der Waals surface area contributed by atoms with Crippen molar-refractivity contribution in [3.8, 4) is 5.75 Å². The Bertz CT molecular complexity index is 743. The summed E-state index contributed by atoms with van der Waals surface area (Å²) in [4.78, 5) is 23.5. The zero-order valence-corrected chi connectivity index (χ0v) is 15.4. The topological polar surface area (TPSA) is 100 Å². The number of benzene rings is 1. The fourth-order valence-corrected chi connectivity index (χ4v) is 3.35. The quantitative estimate of drug-likeness (QED) is 0.541. The van der Waals surface area contributed by atoms with Crippen molar-refractivity contribution in [2.75, 3.05) is 7.11 Å². The number of aromatic nitrogens is 3. The van der Waals surface area contributed by atoms with E-state index in [0.29, 0.717) is 35.3 Å². The molecule has 1 atom stereocenters. The molecule has 0 saturated carbocycles. The predicted octanol–water partition coefficient (Wildman–Crippen LogP) is 2.09. The van der Waals surface area contributed by atoms with Gasteiger partial charge >= 0.3 is 0 Å². The van der Waals surface area contributed by atoms with Crippen molar-refractivity contribution in [2.24, 2.45) is 5.73 Å². The van der Waals surface area contributed by atoms with E-state index in [1.165, 1.54) is 11.8 Å². The summed E-state index contributed by atoms with van der Waals surface area (Å²) in [7, 11) is 1.59. The van der Waals surface area contributed by atoms with Crippen molar-refractivity contribution in [1.29, 1.82) is 0 Å². The number of carbonyl (C=O) groups excluding carboxylic acids is 2. The van der Waals surface area contributed by atoms with Gasteiger partial charge in [0.2, 0.25) is 5.91 Å². The summed E-state index contributed by atoms with van der Waals surface area (Å²) in [5, 5.41) is 8.63. The number of Topliss-reactive ketones (excluding diaryl/α,β-unsaturated/α-hetero) is 1. The molecule has 1 heterocycles.